The van der Waals surface area contributed by atoms with Crippen molar-refractivity contribution >= 4 is 53.5 Å². The quantitative estimate of drug-likeness (QED) is 0.0429. The molecule has 22 heteroatoms. The molecule has 4 unspecified atom stereocenters. The number of carbonyl (C=O) groups is 6. The van der Waals surface area contributed by atoms with Crippen molar-refractivity contribution < 1.29 is 66.7 Å². The lowest BCUT2D eigenvalue weighted by molar-refractivity contribution is -0.147. The molecule has 0 aliphatic rings. The zero-order chi connectivity index (χ0) is 50.6. The van der Waals surface area contributed by atoms with Gasteiger partial charge >= 0.3 is 23.9 Å². The summed E-state index contributed by atoms with van der Waals surface area (Å²) in [4.78, 5) is 94.0. The van der Waals surface area contributed by atoms with Crippen LogP contribution in [0.2, 0.25) is 0 Å². The van der Waals surface area contributed by atoms with Gasteiger partial charge in [-0.2, -0.15) is 15.0 Å². The monoisotopic (exact) mass is 949 g/mol. The largest absolute Gasteiger partial charge is 0.457 e. The van der Waals surface area contributed by atoms with Crippen LogP contribution < -0.4 is 25.3 Å². The highest BCUT2D eigenvalue weighted by molar-refractivity contribution is 5.88. The van der Waals surface area contributed by atoms with Crippen molar-refractivity contribution in [1.82, 2.24) is 25.6 Å². The fraction of sp³-hybridized carbons (Fsp3) is 0.622. The molecule has 0 fully saturated rings. The van der Waals surface area contributed by atoms with Gasteiger partial charge in [-0.05, 0) is 68.2 Å². The minimum atomic E-state index is -0.713. The van der Waals surface area contributed by atoms with Crippen LogP contribution in [-0.4, -0.2) is 155 Å². The van der Waals surface area contributed by atoms with Gasteiger partial charge in [0, 0.05) is 35.4 Å². The standard InChI is InChI=1S/C45H72N8O14/c1-15-17-46-37(54)19-51(25-60-21-33(11)64-39(56)29(3)4)43-48-44(52(20-38(55)47-18-16-2)26-61-22-34(12)65-40(57)30(5)6)50-45(49-43)53(27-62-23-35(13)66-41(58)31(7)8)28-63-24-36(14)67-42(59)32(9)10/h33-36H,3,5,7,9,15-28H2,1-2,4,6,8,10-14H3,(H,46,54)(H,47,55). The zero-order valence-corrected chi connectivity index (χ0v) is 40.9. The fourth-order valence-electron chi connectivity index (χ4n) is 4.84. The molecule has 1 rings (SSSR count). The Morgan fingerprint density at radius 1 is 0.463 bits per heavy atom. The molecule has 1 aromatic heterocycles. The molecule has 0 aliphatic heterocycles. The third-order valence-electron chi connectivity index (χ3n) is 8.29. The number of nitrogens with zero attached hydrogens (tertiary/aromatic N) is 6. The van der Waals surface area contributed by atoms with Gasteiger partial charge in [0.1, 0.15) is 64.4 Å². The minimum Gasteiger partial charge on any atom is -0.457 e. The summed E-state index contributed by atoms with van der Waals surface area (Å²) in [5, 5.41) is 5.65. The van der Waals surface area contributed by atoms with Crippen molar-refractivity contribution in [3.63, 3.8) is 0 Å². The molecule has 4 atom stereocenters. The van der Waals surface area contributed by atoms with E-state index in [1.165, 1.54) is 42.4 Å². The second-order valence-electron chi connectivity index (χ2n) is 15.9. The van der Waals surface area contributed by atoms with Crippen LogP contribution in [0.4, 0.5) is 17.8 Å². The third kappa shape index (κ3) is 24.9. The average molecular weight is 949 g/mol. The van der Waals surface area contributed by atoms with Gasteiger partial charge in [0.05, 0.1) is 26.4 Å². The molecule has 1 heterocycles. The Bertz CT molecular complexity index is 1720. The van der Waals surface area contributed by atoms with Crippen LogP contribution in [0.15, 0.2) is 48.6 Å². The first-order chi connectivity index (χ1) is 31.6. The van der Waals surface area contributed by atoms with Crippen molar-refractivity contribution in [3.8, 4) is 0 Å². The lowest BCUT2D eigenvalue weighted by Gasteiger charge is -2.29. The van der Waals surface area contributed by atoms with Crippen molar-refractivity contribution in [2.75, 3.05) is 94.2 Å². The highest BCUT2D eigenvalue weighted by Crippen LogP contribution is 2.21. The molecule has 376 valence electrons. The summed E-state index contributed by atoms with van der Waals surface area (Å²) in [7, 11) is 0. The Morgan fingerprint density at radius 3 is 0.940 bits per heavy atom. The Kier molecular flexibility index (Phi) is 28.1. The number of amides is 2. The average Bonchev–Trinajstić information content (AvgIpc) is 3.25. The van der Waals surface area contributed by atoms with Crippen LogP contribution >= 0.6 is 0 Å². The van der Waals surface area contributed by atoms with Crippen LogP contribution in [0.25, 0.3) is 0 Å². The maximum atomic E-state index is 13.3. The van der Waals surface area contributed by atoms with E-state index in [0.29, 0.717) is 25.9 Å². The van der Waals surface area contributed by atoms with E-state index >= 15 is 0 Å². The van der Waals surface area contributed by atoms with E-state index < -0.39 is 60.1 Å². The summed E-state index contributed by atoms with van der Waals surface area (Å²) in [5.74, 6) is -3.57. The maximum Gasteiger partial charge on any atom is 0.333 e. The SMILES string of the molecule is C=C(C)C(=O)OC(C)COCN(COCC(C)OC(=O)C(=C)C)c1nc(N(COCC(C)OC(=O)C(=C)C)CC(=O)NCCC)nc(N(COCC(C)OC(=O)C(=C)C)CC(=O)NCCC)n1. The number of esters is 4. The molecular formula is C45H72N8O14. The molecule has 1 aromatic rings. The van der Waals surface area contributed by atoms with Crippen LogP contribution in [0.5, 0.6) is 0 Å². The Morgan fingerprint density at radius 2 is 0.701 bits per heavy atom. The summed E-state index contributed by atoms with van der Waals surface area (Å²) in [6.07, 6.45) is -1.55. The van der Waals surface area contributed by atoms with E-state index in [4.69, 9.17) is 52.8 Å². The minimum absolute atomic E-state index is 0.0929. The number of rotatable bonds is 35. The molecule has 2 N–H and O–H groups in total. The molecule has 0 aliphatic carbocycles. The zero-order valence-electron chi connectivity index (χ0n) is 40.9. The van der Waals surface area contributed by atoms with Crippen LogP contribution in [0.3, 0.4) is 0 Å². The lowest BCUT2D eigenvalue weighted by atomic mass is 10.3. The first-order valence-electron chi connectivity index (χ1n) is 21.9. The lowest BCUT2D eigenvalue weighted by Crippen LogP contribution is -2.43. The first kappa shape index (κ1) is 59.0. The second kappa shape index (κ2) is 31.9. The molecule has 67 heavy (non-hydrogen) atoms. The normalized spacial score (nSPS) is 12.6. The van der Waals surface area contributed by atoms with E-state index in [-0.39, 0.29) is 107 Å². The van der Waals surface area contributed by atoms with Crippen LogP contribution in [0, 0.1) is 0 Å². The highest BCUT2D eigenvalue weighted by Gasteiger charge is 2.26. The maximum absolute atomic E-state index is 13.3. The fourth-order valence-corrected chi connectivity index (χ4v) is 4.84. The van der Waals surface area contributed by atoms with E-state index in [2.05, 4.69) is 36.9 Å². The number of anilines is 3. The van der Waals surface area contributed by atoms with Gasteiger partial charge in [-0.15, -0.1) is 0 Å². The summed E-state index contributed by atoms with van der Waals surface area (Å²) < 4.78 is 45.4. The molecule has 2 amide bonds. The Hall–Kier alpha value is -5.97. The van der Waals surface area contributed by atoms with E-state index in [1.807, 2.05) is 13.8 Å². The molecule has 0 spiro atoms. The number of hydrogen-bond donors (Lipinski definition) is 2. The summed E-state index contributed by atoms with van der Waals surface area (Å²) in [6.45, 7) is 29.3. The number of aromatic nitrogens is 3. The topological polar surface area (TPSA) is 249 Å². The van der Waals surface area contributed by atoms with Crippen molar-refractivity contribution in [3.05, 3.63) is 48.6 Å². The van der Waals surface area contributed by atoms with E-state index in [9.17, 15) is 28.8 Å². The number of hydrogen-bond acceptors (Lipinski definition) is 20. The summed E-state index contributed by atoms with van der Waals surface area (Å²) >= 11 is 0. The van der Waals surface area contributed by atoms with Crippen molar-refractivity contribution in [1.29, 1.82) is 0 Å². The van der Waals surface area contributed by atoms with Gasteiger partial charge < -0.3 is 58.3 Å². The van der Waals surface area contributed by atoms with E-state index in [0.717, 1.165) is 0 Å². The summed E-state index contributed by atoms with van der Waals surface area (Å²) in [5.41, 5.74) is 0.805. The number of nitrogens with one attached hydrogen (secondary N) is 2. The molecule has 22 nitrogen and oxygen atoms in total. The smallest absolute Gasteiger partial charge is 0.333 e. The molecule has 0 saturated carbocycles. The molecule has 0 bridgehead atoms. The second-order valence-corrected chi connectivity index (χ2v) is 15.9. The molecule has 0 radical (unpaired) electrons. The van der Waals surface area contributed by atoms with Gasteiger partial charge in [-0.3, -0.25) is 14.5 Å². The third-order valence-corrected chi connectivity index (χ3v) is 8.29. The predicted octanol–water partition coefficient (Wildman–Crippen LogP) is 3.27. The van der Waals surface area contributed by atoms with Gasteiger partial charge in [0.25, 0.3) is 0 Å². The summed E-state index contributed by atoms with van der Waals surface area (Å²) in [6, 6.07) is 0. The van der Waals surface area contributed by atoms with Crippen LogP contribution in [-0.2, 0) is 66.7 Å². The predicted molar refractivity (Wildman–Crippen MR) is 248 cm³/mol. The van der Waals surface area contributed by atoms with Crippen molar-refractivity contribution in [2.24, 2.45) is 0 Å². The molecular weight excluding hydrogens is 877 g/mol. The number of carbonyl (C=O) groups excluding carboxylic acids is 6. The Balaban J connectivity index is 3.97. The van der Waals surface area contributed by atoms with Gasteiger partial charge in [-0.1, -0.05) is 40.2 Å². The van der Waals surface area contributed by atoms with Crippen LogP contribution in [0.1, 0.15) is 82.1 Å². The number of ether oxygens (including phenoxy) is 8. The van der Waals surface area contributed by atoms with Crippen molar-refractivity contribution in [2.45, 2.75) is 106 Å². The highest BCUT2D eigenvalue weighted by atomic mass is 16.6. The first-order valence-corrected chi connectivity index (χ1v) is 21.9. The van der Waals surface area contributed by atoms with Gasteiger partial charge in [-0.25, -0.2) is 19.2 Å². The molecule has 0 aromatic carbocycles. The van der Waals surface area contributed by atoms with E-state index in [1.54, 1.807) is 27.7 Å². The molecule has 0 saturated heterocycles. The van der Waals surface area contributed by atoms with Gasteiger partial charge in [0.2, 0.25) is 29.7 Å². The van der Waals surface area contributed by atoms with Gasteiger partial charge in [0.15, 0.2) is 0 Å². The Labute approximate surface area is 394 Å².